The fourth-order valence-electron chi connectivity index (χ4n) is 4.09. The molecule has 1 heterocycles. The number of carbonyl (C=O) groups is 1. The van der Waals surface area contributed by atoms with Gasteiger partial charge in [-0.05, 0) is 37.2 Å². The van der Waals surface area contributed by atoms with Gasteiger partial charge >= 0.3 is 0 Å². The second-order valence-corrected chi connectivity index (χ2v) is 8.20. The minimum atomic E-state index is 0. The van der Waals surface area contributed by atoms with Crippen LogP contribution in [0.5, 0.6) is 0 Å². The maximum Gasteiger partial charge on any atom is 0.243 e. The van der Waals surface area contributed by atoms with Crippen LogP contribution in [0.25, 0.3) is 0 Å². The molecule has 1 aromatic rings. The summed E-state index contributed by atoms with van der Waals surface area (Å²) in [4.78, 5) is 20.7. The van der Waals surface area contributed by atoms with Crippen LogP contribution in [0.4, 0.5) is 0 Å². The standard InChI is InChI=1S/C22H34N4O.HI/c1-25(2)21(27)16-23-22(24-20-11-7-4-8-12-20)26-14-13-19(17-26)15-18-9-5-3-6-10-18;/h3,5-6,9-10,19-20H,4,7-8,11-17H2,1-2H3,(H,23,24);1H. The Hall–Kier alpha value is -1.31. The highest BCUT2D eigenvalue weighted by molar-refractivity contribution is 14.0. The second kappa shape index (κ2) is 11.6. The Morgan fingerprint density at radius 3 is 2.54 bits per heavy atom. The highest BCUT2D eigenvalue weighted by Crippen LogP contribution is 2.22. The van der Waals surface area contributed by atoms with Crippen LogP contribution >= 0.6 is 24.0 Å². The van der Waals surface area contributed by atoms with Crippen LogP contribution in [0.3, 0.4) is 0 Å². The minimum Gasteiger partial charge on any atom is -0.353 e. The molecule has 3 rings (SSSR count). The molecule has 1 saturated carbocycles. The molecule has 1 amide bonds. The minimum absolute atomic E-state index is 0. The summed E-state index contributed by atoms with van der Waals surface area (Å²) in [5.74, 6) is 1.64. The highest BCUT2D eigenvalue weighted by Gasteiger charge is 2.27. The van der Waals surface area contributed by atoms with Crippen molar-refractivity contribution < 1.29 is 4.79 Å². The number of likely N-dealkylation sites (N-methyl/N-ethyl adjacent to an activating group) is 1. The maximum atomic E-state index is 12.0. The first-order chi connectivity index (χ1) is 13.1. The average molecular weight is 498 g/mol. The molecule has 1 saturated heterocycles. The predicted octanol–water partition coefficient (Wildman–Crippen LogP) is 3.54. The lowest BCUT2D eigenvalue weighted by Crippen LogP contribution is -2.46. The lowest BCUT2D eigenvalue weighted by atomic mass is 9.96. The van der Waals surface area contributed by atoms with Crippen LogP contribution in [0, 0.1) is 5.92 Å². The predicted molar refractivity (Wildman–Crippen MR) is 126 cm³/mol. The molecule has 0 spiro atoms. The van der Waals surface area contributed by atoms with Gasteiger partial charge in [-0.15, -0.1) is 24.0 Å². The molecule has 0 aromatic heterocycles. The normalized spacial score (nSPS) is 20.6. The molecule has 1 N–H and O–H groups in total. The van der Waals surface area contributed by atoms with Crippen LogP contribution in [0.15, 0.2) is 35.3 Å². The Kier molecular flexibility index (Phi) is 9.55. The molecule has 156 valence electrons. The smallest absolute Gasteiger partial charge is 0.243 e. The van der Waals surface area contributed by atoms with Gasteiger partial charge in [-0.25, -0.2) is 4.99 Å². The van der Waals surface area contributed by atoms with Crippen LogP contribution in [0.1, 0.15) is 44.1 Å². The van der Waals surface area contributed by atoms with E-state index in [1.807, 2.05) is 0 Å². The van der Waals surface area contributed by atoms with Crippen LogP contribution < -0.4 is 5.32 Å². The van der Waals surface area contributed by atoms with Gasteiger partial charge in [0.2, 0.25) is 5.91 Å². The number of likely N-dealkylation sites (tertiary alicyclic amines) is 1. The Morgan fingerprint density at radius 1 is 1.14 bits per heavy atom. The number of carbonyl (C=O) groups excluding carboxylic acids is 1. The van der Waals surface area contributed by atoms with E-state index in [0.717, 1.165) is 25.5 Å². The zero-order valence-electron chi connectivity index (χ0n) is 17.3. The number of guanidine groups is 1. The third-order valence-electron chi connectivity index (χ3n) is 5.75. The summed E-state index contributed by atoms with van der Waals surface area (Å²) in [6.07, 6.45) is 8.64. The molecule has 0 bridgehead atoms. The molecule has 1 atom stereocenters. The summed E-state index contributed by atoms with van der Waals surface area (Å²) < 4.78 is 0. The van der Waals surface area contributed by atoms with Crippen LogP contribution in [-0.2, 0) is 11.2 Å². The fourth-order valence-corrected chi connectivity index (χ4v) is 4.09. The van der Waals surface area contributed by atoms with E-state index in [1.54, 1.807) is 19.0 Å². The van der Waals surface area contributed by atoms with Crippen molar-refractivity contribution in [1.82, 2.24) is 15.1 Å². The topological polar surface area (TPSA) is 47.9 Å². The summed E-state index contributed by atoms with van der Waals surface area (Å²) >= 11 is 0. The molecular formula is C22H35IN4O. The molecule has 5 nitrogen and oxygen atoms in total. The van der Waals surface area contributed by atoms with E-state index < -0.39 is 0 Å². The SMILES string of the molecule is CN(C)C(=O)CN=C(NC1CCCCC1)N1CCC(Cc2ccccc2)C1.I. The van der Waals surface area contributed by atoms with E-state index in [2.05, 4.69) is 40.5 Å². The first-order valence-electron chi connectivity index (χ1n) is 10.4. The van der Waals surface area contributed by atoms with Gasteiger partial charge in [0, 0.05) is 33.2 Å². The molecule has 1 aliphatic carbocycles. The summed E-state index contributed by atoms with van der Waals surface area (Å²) in [5.41, 5.74) is 1.41. The third kappa shape index (κ3) is 6.94. The maximum absolute atomic E-state index is 12.0. The van der Waals surface area contributed by atoms with Gasteiger partial charge in [0.15, 0.2) is 5.96 Å². The quantitative estimate of drug-likeness (QED) is 0.384. The van der Waals surface area contributed by atoms with Crippen molar-refractivity contribution in [2.24, 2.45) is 10.9 Å². The van der Waals surface area contributed by atoms with E-state index in [-0.39, 0.29) is 36.4 Å². The first-order valence-corrected chi connectivity index (χ1v) is 10.4. The Morgan fingerprint density at radius 2 is 1.86 bits per heavy atom. The van der Waals surface area contributed by atoms with Gasteiger partial charge in [-0.3, -0.25) is 4.79 Å². The van der Waals surface area contributed by atoms with Gasteiger partial charge < -0.3 is 15.1 Å². The van der Waals surface area contributed by atoms with Crippen molar-refractivity contribution in [3.05, 3.63) is 35.9 Å². The Bertz CT molecular complexity index is 629. The van der Waals surface area contributed by atoms with E-state index in [0.29, 0.717) is 12.0 Å². The van der Waals surface area contributed by atoms with E-state index in [4.69, 9.17) is 4.99 Å². The van der Waals surface area contributed by atoms with Crippen molar-refractivity contribution in [2.45, 2.75) is 51.0 Å². The number of aliphatic imine (C=N–C) groups is 1. The highest BCUT2D eigenvalue weighted by atomic mass is 127. The van der Waals surface area contributed by atoms with E-state index >= 15 is 0 Å². The van der Waals surface area contributed by atoms with Gasteiger partial charge in [0.25, 0.3) is 0 Å². The number of nitrogens with zero attached hydrogens (tertiary/aromatic N) is 3. The molecule has 2 aliphatic rings. The van der Waals surface area contributed by atoms with Crippen LogP contribution in [-0.4, -0.2) is 61.4 Å². The van der Waals surface area contributed by atoms with Crippen molar-refractivity contribution >= 4 is 35.8 Å². The second-order valence-electron chi connectivity index (χ2n) is 8.20. The number of rotatable bonds is 5. The molecule has 1 unspecified atom stereocenters. The number of hydrogen-bond acceptors (Lipinski definition) is 2. The number of nitrogens with one attached hydrogen (secondary N) is 1. The lowest BCUT2D eigenvalue weighted by molar-refractivity contribution is -0.127. The van der Waals surface area contributed by atoms with Gasteiger partial charge in [-0.1, -0.05) is 49.6 Å². The van der Waals surface area contributed by atoms with Crippen molar-refractivity contribution in [2.75, 3.05) is 33.7 Å². The van der Waals surface area contributed by atoms with Gasteiger partial charge in [0.1, 0.15) is 6.54 Å². The van der Waals surface area contributed by atoms with Gasteiger partial charge in [-0.2, -0.15) is 0 Å². The number of hydrogen-bond donors (Lipinski definition) is 1. The molecule has 1 aliphatic heterocycles. The van der Waals surface area contributed by atoms with Crippen molar-refractivity contribution in [3.8, 4) is 0 Å². The monoisotopic (exact) mass is 498 g/mol. The molecule has 6 heteroatoms. The largest absolute Gasteiger partial charge is 0.353 e. The van der Waals surface area contributed by atoms with Crippen LogP contribution in [0.2, 0.25) is 0 Å². The summed E-state index contributed by atoms with van der Waals surface area (Å²) in [6, 6.07) is 11.2. The van der Waals surface area contributed by atoms with E-state index in [9.17, 15) is 4.79 Å². The van der Waals surface area contributed by atoms with E-state index in [1.165, 1.54) is 44.1 Å². The van der Waals surface area contributed by atoms with Gasteiger partial charge in [0.05, 0.1) is 0 Å². The van der Waals surface area contributed by atoms with Crippen molar-refractivity contribution in [3.63, 3.8) is 0 Å². The average Bonchev–Trinajstić information content (AvgIpc) is 3.14. The molecule has 1 aromatic carbocycles. The fraction of sp³-hybridized carbons (Fsp3) is 0.636. The summed E-state index contributed by atoms with van der Waals surface area (Å²) in [6.45, 7) is 2.26. The van der Waals surface area contributed by atoms with Crippen molar-refractivity contribution in [1.29, 1.82) is 0 Å². The number of halogens is 1. The molecule has 28 heavy (non-hydrogen) atoms. The summed E-state index contributed by atoms with van der Waals surface area (Å²) in [7, 11) is 3.58. The number of benzene rings is 1. The Labute approximate surface area is 187 Å². The third-order valence-corrected chi connectivity index (χ3v) is 5.75. The first kappa shape index (κ1) is 23.0. The molecule has 0 radical (unpaired) electrons. The lowest BCUT2D eigenvalue weighted by Gasteiger charge is -2.29. The molecular weight excluding hydrogens is 463 g/mol. The summed E-state index contributed by atoms with van der Waals surface area (Å²) in [5, 5.41) is 3.68. The molecule has 2 fully saturated rings. The zero-order valence-corrected chi connectivity index (χ0v) is 19.6. The Balaban J connectivity index is 0.00000280. The zero-order chi connectivity index (χ0) is 19.1. The number of amides is 1.